The van der Waals surface area contributed by atoms with Gasteiger partial charge in [0.1, 0.15) is 11.4 Å². The molecule has 142 valence electrons. The summed E-state index contributed by atoms with van der Waals surface area (Å²) in [6, 6.07) is 8.61. The van der Waals surface area contributed by atoms with Gasteiger partial charge in [-0.2, -0.15) is 0 Å². The van der Waals surface area contributed by atoms with Crippen molar-refractivity contribution < 1.29 is 0 Å². The monoisotopic (exact) mass is 461 g/mol. The van der Waals surface area contributed by atoms with E-state index in [9.17, 15) is 0 Å². The van der Waals surface area contributed by atoms with E-state index in [2.05, 4.69) is 53.0 Å². The lowest BCUT2D eigenvalue weighted by atomic mass is 9.95. The van der Waals surface area contributed by atoms with Gasteiger partial charge in [0.25, 0.3) is 0 Å². The molecule has 0 aliphatic carbocycles. The van der Waals surface area contributed by atoms with Crippen molar-refractivity contribution in [2.24, 2.45) is 10.9 Å². The van der Waals surface area contributed by atoms with Gasteiger partial charge in [-0.1, -0.05) is 39.5 Å². The molecule has 1 aliphatic rings. The third kappa shape index (κ3) is 4.73. The zero-order valence-corrected chi connectivity index (χ0v) is 18.9. The van der Waals surface area contributed by atoms with E-state index in [1.807, 2.05) is 17.4 Å². The standard InChI is InChI=1S/C21H24BrN3S2/c1-3-5-6-13(4-2)11-14-7-8-16(26-14)17-9-10-18(27-17)21-20(24)19(23)15(22)12-25-21/h7-10,12-13,23-24H,3-6,11H2,1-2H3. The number of allylic oxidation sites excluding steroid dienone is 1. The van der Waals surface area contributed by atoms with Crippen molar-refractivity contribution in [3.05, 3.63) is 44.7 Å². The molecule has 6 heteroatoms. The summed E-state index contributed by atoms with van der Waals surface area (Å²) in [6.07, 6.45) is 7.94. The Labute approximate surface area is 177 Å². The zero-order valence-electron chi connectivity index (χ0n) is 15.6. The van der Waals surface area contributed by atoms with E-state index in [1.54, 1.807) is 17.5 Å². The molecule has 0 saturated carbocycles. The minimum atomic E-state index is 0.173. The van der Waals surface area contributed by atoms with Crippen LogP contribution in [0.5, 0.6) is 0 Å². The molecule has 0 bridgehead atoms. The summed E-state index contributed by atoms with van der Waals surface area (Å²) >= 11 is 6.80. The molecule has 2 aromatic heterocycles. The van der Waals surface area contributed by atoms with Gasteiger partial charge in [-0.15, -0.1) is 22.7 Å². The molecule has 2 aromatic rings. The molecule has 27 heavy (non-hydrogen) atoms. The molecule has 0 fully saturated rings. The Hall–Kier alpha value is -1.37. The fourth-order valence-electron chi connectivity index (χ4n) is 3.12. The first-order chi connectivity index (χ1) is 13.0. The Morgan fingerprint density at radius 2 is 1.70 bits per heavy atom. The highest BCUT2D eigenvalue weighted by atomic mass is 79.9. The average Bonchev–Trinajstić information content (AvgIpc) is 3.32. The summed E-state index contributed by atoms with van der Waals surface area (Å²) in [5.41, 5.74) is 0.944. The molecular weight excluding hydrogens is 438 g/mol. The number of nitrogens with zero attached hydrogens (tertiary/aromatic N) is 1. The molecule has 3 heterocycles. The lowest BCUT2D eigenvalue weighted by Crippen LogP contribution is -2.25. The summed E-state index contributed by atoms with van der Waals surface area (Å²) in [5, 5.41) is 16.1. The molecular formula is C21H24BrN3S2. The van der Waals surface area contributed by atoms with Crippen molar-refractivity contribution in [3.63, 3.8) is 0 Å². The van der Waals surface area contributed by atoms with Crippen molar-refractivity contribution >= 4 is 55.7 Å². The van der Waals surface area contributed by atoms with Gasteiger partial charge in [0, 0.05) is 20.8 Å². The number of rotatable bonds is 8. The fourth-order valence-corrected chi connectivity index (χ4v) is 5.64. The van der Waals surface area contributed by atoms with Crippen LogP contribution in [0.3, 0.4) is 0 Å². The first kappa shape index (κ1) is 20.4. The third-order valence-electron chi connectivity index (χ3n) is 4.81. The van der Waals surface area contributed by atoms with Gasteiger partial charge in [0.2, 0.25) is 0 Å². The molecule has 0 spiro atoms. The molecule has 0 radical (unpaired) electrons. The Balaban J connectivity index is 1.75. The number of halogens is 1. The van der Waals surface area contributed by atoms with Crippen LogP contribution in [0.4, 0.5) is 0 Å². The van der Waals surface area contributed by atoms with E-state index in [0.29, 0.717) is 10.2 Å². The molecule has 1 atom stereocenters. The number of unbranched alkanes of at least 4 members (excludes halogenated alkanes) is 1. The van der Waals surface area contributed by atoms with Crippen LogP contribution >= 0.6 is 38.6 Å². The lowest BCUT2D eigenvalue weighted by molar-refractivity contribution is 0.452. The SMILES string of the molecule is CCCCC(CC)Cc1ccc(-c2ccc(C3=NC=C(Br)C(=N)C3=N)s2)s1. The van der Waals surface area contributed by atoms with Crippen LogP contribution in [0, 0.1) is 16.7 Å². The molecule has 1 unspecified atom stereocenters. The largest absolute Gasteiger partial charge is 0.297 e. The van der Waals surface area contributed by atoms with Crippen LogP contribution in [0.2, 0.25) is 0 Å². The van der Waals surface area contributed by atoms with Gasteiger partial charge in [-0.3, -0.25) is 15.8 Å². The second kappa shape index (κ2) is 9.22. The smallest absolute Gasteiger partial charge is 0.107 e. The van der Waals surface area contributed by atoms with E-state index in [-0.39, 0.29) is 11.4 Å². The van der Waals surface area contributed by atoms with Crippen LogP contribution in [0.25, 0.3) is 9.75 Å². The van der Waals surface area contributed by atoms with E-state index >= 15 is 0 Å². The zero-order chi connectivity index (χ0) is 19.4. The van der Waals surface area contributed by atoms with Crippen molar-refractivity contribution in [1.29, 1.82) is 10.8 Å². The minimum Gasteiger partial charge on any atom is -0.297 e. The van der Waals surface area contributed by atoms with E-state index in [0.717, 1.165) is 10.8 Å². The summed E-state index contributed by atoms with van der Waals surface area (Å²) in [7, 11) is 0. The Morgan fingerprint density at radius 1 is 1.00 bits per heavy atom. The molecule has 2 N–H and O–H groups in total. The van der Waals surface area contributed by atoms with Crippen LogP contribution in [0.1, 0.15) is 49.3 Å². The Bertz CT molecular complexity index is 904. The van der Waals surface area contributed by atoms with E-state index in [1.165, 1.54) is 46.7 Å². The van der Waals surface area contributed by atoms with Gasteiger partial charge < -0.3 is 0 Å². The summed E-state index contributed by atoms with van der Waals surface area (Å²) in [5.74, 6) is 0.781. The summed E-state index contributed by atoms with van der Waals surface area (Å²) < 4.78 is 0.560. The van der Waals surface area contributed by atoms with E-state index in [4.69, 9.17) is 10.8 Å². The van der Waals surface area contributed by atoms with Crippen LogP contribution in [-0.4, -0.2) is 17.1 Å². The molecule has 3 rings (SSSR count). The lowest BCUT2D eigenvalue weighted by Gasteiger charge is -2.12. The number of thiophene rings is 2. The third-order valence-corrected chi connectivity index (χ3v) is 7.81. The van der Waals surface area contributed by atoms with Gasteiger partial charge in [-0.25, -0.2) is 0 Å². The van der Waals surface area contributed by atoms with Crippen LogP contribution < -0.4 is 0 Å². The Morgan fingerprint density at radius 3 is 2.44 bits per heavy atom. The normalized spacial score (nSPS) is 15.7. The maximum atomic E-state index is 8.17. The van der Waals surface area contributed by atoms with Crippen molar-refractivity contribution in [3.8, 4) is 9.75 Å². The number of hydrogen-bond acceptors (Lipinski definition) is 5. The maximum Gasteiger partial charge on any atom is 0.107 e. The number of hydrogen-bond donors (Lipinski definition) is 2. The van der Waals surface area contributed by atoms with Gasteiger partial charge in [0.15, 0.2) is 0 Å². The molecule has 0 aromatic carbocycles. The average molecular weight is 462 g/mol. The maximum absolute atomic E-state index is 8.17. The first-order valence-corrected chi connectivity index (χ1v) is 11.8. The predicted octanol–water partition coefficient (Wildman–Crippen LogP) is 7.31. The summed E-state index contributed by atoms with van der Waals surface area (Å²) in [4.78, 5) is 9.25. The van der Waals surface area contributed by atoms with Crippen molar-refractivity contribution in [2.75, 3.05) is 0 Å². The fraction of sp³-hybridized carbons (Fsp3) is 0.381. The van der Waals surface area contributed by atoms with Gasteiger partial charge >= 0.3 is 0 Å². The second-order valence-electron chi connectivity index (χ2n) is 6.76. The quantitative estimate of drug-likeness (QED) is 0.413. The molecule has 0 amide bonds. The van der Waals surface area contributed by atoms with Gasteiger partial charge in [0.05, 0.1) is 15.1 Å². The number of aliphatic imine (C=N–C) groups is 1. The minimum absolute atomic E-state index is 0.173. The predicted molar refractivity (Wildman–Crippen MR) is 124 cm³/mol. The van der Waals surface area contributed by atoms with E-state index < -0.39 is 0 Å². The topological polar surface area (TPSA) is 60.1 Å². The van der Waals surface area contributed by atoms with Crippen molar-refractivity contribution in [2.45, 2.75) is 46.0 Å². The molecule has 1 aliphatic heterocycles. The Kier molecular flexibility index (Phi) is 6.95. The number of nitrogens with one attached hydrogen (secondary N) is 2. The molecule has 0 saturated heterocycles. The second-order valence-corrected chi connectivity index (χ2v) is 9.86. The highest BCUT2D eigenvalue weighted by molar-refractivity contribution is 9.12. The van der Waals surface area contributed by atoms with Gasteiger partial charge in [-0.05, 0) is 52.5 Å². The van der Waals surface area contributed by atoms with Crippen molar-refractivity contribution in [1.82, 2.24) is 0 Å². The van der Waals surface area contributed by atoms with Crippen LogP contribution in [-0.2, 0) is 6.42 Å². The highest BCUT2D eigenvalue weighted by Crippen LogP contribution is 2.36. The summed E-state index contributed by atoms with van der Waals surface area (Å²) in [6.45, 7) is 4.56. The molecule has 3 nitrogen and oxygen atoms in total. The van der Waals surface area contributed by atoms with Crippen LogP contribution in [0.15, 0.2) is 39.9 Å². The highest BCUT2D eigenvalue weighted by Gasteiger charge is 2.22. The first-order valence-electron chi connectivity index (χ1n) is 9.34.